The van der Waals surface area contributed by atoms with Gasteiger partial charge in [-0.15, -0.1) is 0 Å². The van der Waals surface area contributed by atoms with Gasteiger partial charge in [0.05, 0.1) is 0 Å². The molecule has 0 amide bonds. The van der Waals surface area contributed by atoms with Crippen LogP contribution in [0, 0.1) is 10.5 Å². The van der Waals surface area contributed by atoms with Crippen LogP contribution in [0.2, 0.25) is 0 Å². The fourth-order valence-electron chi connectivity index (χ4n) is 1.79. The van der Waals surface area contributed by atoms with Gasteiger partial charge in [0.2, 0.25) is 0 Å². The number of anilines is 1. The maximum atomic E-state index is 9.92. The van der Waals surface area contributed by atoms with Crippen LogP contribution in [0.4, 0.5) is 5.69 Å². The molecule has 0 radical (unpaired) electrons. The van der Waals surface area contributed by atoms with Crippen molar-refractivity contribution < 1.29 is 9.84 Å². The molecule has 4 heteroatoms. The highest BCUT2D eigenvalue weighted by Crippen LogP contribution is 2.14. The maximum Gasteiger partial charge on any atom is 0.119 e. The number of benzene rings is 2. The molecule has 2 N–H and O–H groups in total. The Hall–Kier alpha value is -1.27. The Morgan fingerprint density at radius 1 is 1.20 bits per heavy atom. The van der Waals surface area contributed by atoms with Crippen LogP contribution in [0.3, 0.4) is 0 Å². The molecule has 106 valence electrons. The van der Waals surface area contributed by atoms with Crippen molar-refractivity contribution in [3.8, 4) is 5.75 Å². The van der Waals surface area contributed by atoms with Crippen molar-refractivity contribution in [3.63, 3.8) is 0 Å². The number of rotatable bonds is 6. The molecule has 0 aliphatic rings. The lowest BCUT2D eigenvalue weighted by atomic mass is 10.2. The Bertz CT molecular complexity index is 510. The van der Waals surface area contributed by atoms with Crippen LogP contribution in [0.1, 0.15) is 5.56 Å². The molecule has 0 aromatic heterocycles. The number of nitrogens with one attached hydrogen (secondary N) is 1. The number of ether oxygens (including phenoxy) is 1. The molecule has 0 saturated carbocycles. The predicted octanol–water partition coefficient (Wildman–Crippen LogP) is 3.45. The third-order valence-electron chi connectivity index (χ3n) is 2.80. The van der Waals surface area contributed by atoms with E-state index in [-0.39, 0.29) is 6.61 Å². The van der Waals surface area contributed by atoms with Crippen LogP contribution in [0.25, 0.3) is 0 Å². The minimum atomic E-state index is -0.548. The van der Waals surface area contributed by atoms with Gasteiger partial charge in [0.25, 0.3) is 0 Å². The van der Waals surface area contributed by atoms with Gasteiger partial charge in [-0.05, 0) is 65.4 Å². The highest BCUT2D eigenvalue weighted by molar-refractivity contribution is 14.1. The van der Waals surface area contributed by atoms with Gasteiger partial charge in [-0.1, -0.05) is 18.2 Å². The lowest BCUT2D eigenvalue weighted by molar-refractivity contribution is 0.117. The molecule has 0 fully saturated rings. The minimum Gasteiger partial charge on any atom is -0.491 e. The zero-order valence-electron chi connectivity index (χ0n) is 11.3. The normalized spacial score (nSPS) is 11.9. The summed E-state index contributed by atoms with van der Waals surface area (Å²) in [5, 5.41) is 13.1. The first-order chi connectivity index (χ1) is 9.63. The van der Waals surface area contributed by atoms with Crippen LogP contribution in [-0.4, -0.2) is 24.4 Å². The van der Waals surface area contributed by atoms with E-state index < -0.39 is 6.10 Å². The third-order valence-corrected chi connectivity index (χ3v) is 3.47. The maximum absolute atomic E-state index is 9.92. The summed E-state index contributed by atoms with van der Waals surface area (Å²) in [6.45, 7) is 2.76. The van der Waals surface area contributed by atoms with Gasteiger partial charge >= 0.3 is 0 Å². The highest BCUT2D eigenvalue weighted by atomic mass is 127. The van der Waals surface area contributed by atoms with Crippen LogP contribution in [0.15, 0.2) is 48.5 Å². The molecule has 0 spiro atoms. The lowest BCUT2D eigenvalue weighted by Gasteiger charge is -2.14. The number of aliphatic hydroxyl groups excluding tert-OH is 1. The van der Waals surface area contributed by atoms with Crippen molar-refractivity contribution in [1.29, 1.82) is 0 Å². The van der Waals surface area contributed by atoms with Gasteiger partial charge in [-0.3, -0.25) is 0 Å². The molecule has 2 rings (SSSR count). The lowest BCUT2D eigenvalue weighted by Crippen LogP contribution is -2.26. The smallest absolute Gasteiger partial charge is 0.119 e. The second kappa shape index (κ2) is 7.50. The van der Waals surface area contributed by atoms with Crippen LogP contribution < -0.4 is 10.1 Å². The van der Waals surface area contributed by atoms with Crippen LogP contribution in [-0.2, 0) is 0 Å². The summed E-state index contributed by atoms with van der Waals surface area (Å²) in [6.07, 6.45) is -0.548. The van der Waals surface area contributed by atoms with Crippen molar-refractivity contribution in [2.75, 3.05) is 18.5 Å². The number of aryl methyl sites for hydroxylation is 1. The van der Waals surface area contributed by atoms with Gasteiger partial charge in [-0.25, -0.2) is 0 Å². The molecule has 3 nitrogen and oxygen atoms in total. The average Bonchev–Trinajstić information content (AvgIpc) is 2.43. The Morgan fingerprint density at radius 3 is 2.75 bits per heavy atom. The second-order valence-electron chi connectivity index (χ2n) is 4.67. The largest absolute Gasteiger partial charge is 0.491 e. The predicted molar refractivity (Wildman–Crippen MR) is 90.3 cm³/mol. The number of aliphatic hydroxyl groups is 1. The number of hydrogen-bond acceptors (Lipinski definition) is 3. The van der Waals surface area contributed by atoms with Crippen molar-refractivity contribution in [1.82, 2.24) is 0 Å². The van der Waals surface area contributed by atoms with Crippen molar-refractivity contribution in [2.24, 2.45) is 0 Å². The van der Waals surface area contributed by atoms with Gasteiger partial charge in [0.1, 0.15) is 18.5 Å². The highest BCUT2D eigenvalue weighted by Gasteiger charge is 2.05. The molecule has 20 heavy (non-hydrogen) atoms. The number of hydrogen-bond donors (Lipinski definition) is 2. The fraction of sp³-hybridized carbons (Fsp3) is 0.250. The molecule has 0 heterocycles. The Balaban J connectivity index is 1.77. The van der Waals surface area contributed by atoms with Gasteiger partial charge in [-0.2, -0.15) is 0 Å². The summed E-state index contributed by atoms with van der Waals surface area (Å²) in [4.78, 5) is 0. The van der Waals surface area contributed by atoms with E-state index in [4.69, 9.17) is 4.74 Å². The van der Waals surface area contributed by atoms with Crippen LogP contribution >= 0.6 is 22.6 Å². The van der Waals surface area contributed by atoms with E-state index in [0.717, 1.165) is 20.6 Å². The van der Waals surface area contributed by atoms with E-state index in [1.807, 2.05) is 55.5 Å². The quantitative estimate of drug-likeness (QED) is 0.751. The molecule has 0 aliphatic carbocycles. The Kier molecular flexibility index (Phi) is 5.67. The fourth-order valence-corrected chi connectivity index (χ4v) is 2.33. The van der Waals surface area contributed by atoms with E-state index >= 15 is 0 Å². The Morgan fingerprint density at radius 2 is 2.00 bits per heavy atom. The van der Waals surface area contributed by atoms with Crippen molar-refractivity contribution in [3.05, 3.63) is 57.7 Å². The first kappa shape index (κ1) is 15.1. The summed E-state index contributed by atoms with van der Waals surface area (Å²) in [5.41, 5.74) is 2.15. The Labute approximate surface area is 133 Å². The zero-order chi connectivity index (χ0) is 14.4. The molecule has 2 aromatic carbocycles. The minimum absolute atomic E-state index is 0.278. The molecule has 0 bridgehead atoms. The summed E-state index contributed by atoms with van der Waals surface area (Å²) in [5.74, 6) is 0.790. The van der Waals surface area contributed by atoms with E-state index in [1.165, 1.54) is 0 Å². The SMILES string of the molecule is Cc1cccc(OCC(O)CNc2cccc(I)c2)c1. The topological polar surface area (TPSA) is 41.5 Å². The third kappa shape index (κ3) is 5.02. The van der Waals surface area contributed by atoms with E-state index in [9.17, 15) is 5.11 Å². The van der Waals surface area contributed by atoms with Gasteiger partial charge < -0.3 is 15.2 Å². The van der Waals surface area contributed by atoms with Crippen molar-refractivity contribution in [2.45, 2.75) is 13.0 Å². The van der Waals surface area contributed by atoms with E-state index in [2.05, 4.69) is 27.9 Å². The molecule has 1 atom stereocenters. The number of halogens is 1. The van der Waals surface area contributed by atoms with Gasteiger partial charge in [0.15, 0.2) is 0 Å². The zero-order valence-corrected chi connectivity index (χ0v) is 13.5. The molecule has 2 aromatic rings. The molecule has 1 unspecified atom stereocenters. The molecule has 0 saturated heterocycles. The summed E-state index contributed by atoms with van der Waals surface area (Å²) in [6, 6.07) is 15.9. The monoisotopic (exact) mass is 383 g/mol. The molecule has 0 aliphatic heterocycles. The average molecular weight is 383 g/mol. The van der Waals surface area contributed by atoms with Gasteiger partial charge in [0, 0.05) is 15.8 Å². The second-order valence-corrected chi connectivity index (χ2v) is 5.92. The summed E-state index contributed by atoms with van der Waals surface area (Å²) >= 11 is 2.26. The first-order valence-electron chi connectivity index (χ1n) is 6.50. The molecular formula is C16H18INO2. The standard InChI is InChI=1S/C16H18INO2/c1-12-4-2-7-16(8-12)20-11-15(19)10-18-14-6-3-5-13(17)9-14/h2-9,15,18-19H,10-11H2,1H3. The summed E-state index contributed by atoms with van der Waals surface area (Å²) in [7, 11) is 0. The van der Waals surface area contributed by atoms with E-state index in [1.54, 1.807) is 0 Å². The first-order valence-corrected chi connectivity index (χ1v) is 7.58. The summed E-state index contributed by atoms with van der Waals surface area (Å²) < 4.78 is 6.73. The van der Waals surface area contributed by atoms with E-state index in [0.29, 0.717) is 6.54 Å². The van der Waals surface area contributed by atoms with Crippen LogP contribution in [0.5, 0.6) is 5.75 Å². The van der Waals surface area contributed by atoms with Crippen molar-refractivity contribution >= 4 is 28.3 Å². The molecular weight excluding hydrogens is 365 g/mol.